The van der Waals surface area contributed by atoms with Gasteiger partial charge in [-0.25, -0.2) is 4.68 Å². The van der Waals surface area contributed by atoms with Gasteiger partial charge in [-0.15, -0.1) is 0 Å². The topological polar surface area (TPSA) is 67.7 Å². The van der Waals surface area contributed by atoms with E-state index in [1.165, 1.54) is 0 Å². The summed E-state index contributed by atoms with van der Waals surface area (Å²) in [6.45, 7) is 4.26. The highest BCUT2D eigenvalue weighted by Gasteiger charge is 2.11. The maximum absolute atomic E-state index is 7.71. The first-order valence-corrected chi connectivity index (χ1v) is 7.00. The van der Waals surface area contributed by atoms with Crippen LogP contribution in [-0.2, 0) is 0 Å². The third-order valence-corrected chi connectivity index (χ3v) is 3.64. The predicted molar refractivity (Wildman–Crippen MR) is 86.2 cm³/mol. The van der Waals surface area contributed by atoms with Crippen LogP contribution in [0.15, 0.2) is 48.7 Å². The molecule has 1 aromatic heterocycles. The summed E-state index contributed by atoms with van der Waals surface area (Å²) in [6.07, 6.45) is 1.98. The molecule has 106 valence electrons. The van der Waals surface area contributed by atoms with Crippen LogP contribution in [0.1, 0.15) is 31.0 Å². The molecule has 0 atom stereocenters. The fourth-order valence-electron chi connectivity index (χ4n) is 2.50. The number of hydrogen-bond donors (Lipinski definition) is 2. The zero-order chi connectivity index (χ0) is 15.0. The van der Waals surface area contributed by atoms with Gasteiger partial charge in [-0.1, -0.05) is 38.1 Å². The van der Waals surface area contributed by atoms with E-state index in [1.807, 2.05) is 53.3 Å². The SMILES string of the molecule is CC(C)c1ccn(-c2ccc(C(=N)N)c3ccccc23)n1. The molecule has 0 aliphatic rings. The van der Waals surface area contributed by atoms with Crippen LogP contribution in [0.5, 0.6) is 0 Å². The average molecular weight is 278 g/mol. The summed E-state index contributed by atoms with van der Waals surface area (Å²) in [5.41, 5.74) is 8.50. The van der Waals surface area contributed by atoms with Crippen molar-refractivity contribution < 1.29 is 0 Å². The Balaban J connectivity index is 2.24. The van der Waals surface area contributed by atoms with Crippen LogP contribution in [0, 0.1) is 5.41 Å². The standard InChI is InChI=1S/C17H18N4/c1-11(2)15-9-10-21(20-15)16-8-7-14(17(18)19)12-5-3-4-6-13(12)16/h3-11H,1-2H3,(H3,18,19). The predicted octanol–water partition coefficient (Wildman–Crippen LogP) is 3.43. The summed E-state index contributed by atoms with van der Waals surface area (Å²) in [4.78, 5) is 0. The van der Waals surface area contributed by atoms with Gasteiger partial charge in [0.25, 0.3) is 0 Å². The number of amidine groups is 1. The van der Waals surface area contributed by atoms with Crippen molar-refractivity contribution in [2.24, 2.45) is 5.73 Å². The Labute approximate surface area is 123 Å². The molecular formula is C17H18N4. The Kier molecular flexibility index (Phi) is 3.22. The van der Waals surface area contributed by atoms with Crippen molar-refractivity contribution in [1.82, 2.24) is 9.78 Å². The smallest absolute Gasteiger partial charge is 0.123 e. The fraction of sp³-hybridized carbons (Fsp3) is 0.176. The second kappa shape index (κ2) is 5.05. The molecule has 0 fully saturated rings. The maximum Gasteiger partial charge on any atom is 0.123 e. The first-order valence-electron chi connectivity index (χ1n) is 7.00. The first kappa shape index (κ1) is 13.4. The number of nitrogens with two attached hydrogens (primary N) is 1. The van der Waals surface area contributed by atoms with E-state index in [0.717, 1.165) is 27.7 Å². The molecule has 4 nitrogen and oxygen atoms in total. The van der Waals surface area contributed by atoms with Crippen molar-refractivity contribution in [2.45, 2.75) is 19.8 Å². The number of nitrogens with one attached hydrogen (secondary N) is 1. The van der Waals surface area contributed by atoms with Crippen molar-refractivity contribution in [1.29, 1.82) is 5.41 Å². The third kappa shape index (κ3) is 2.29. The highest BCUT2D eigenvalue weighted by Crippen LogP contribution is 2.26. The lowest BCUT2D eigenvalue weighted by molar-refractivity contribution is 0.770. The van der Waals surface area contributed by atoms with Crippen molar-refractivity contribution in [3.05, 3.63) is 59.9 Å². The molecule has 0 amide bonds. The molecule has 21 heavy (non-hydrogen) atoms. The number of benzene rings is 2. The summed E-state index contributed by atoms with van der Waals surface area (Å²) in [5.74, 6) is 0.482. The third-order valence-electron chi connectivity index (χ3n) is 3.64. The summed E-state index contributed by atoms with van der Waals surface area (Å²) in [7, 11) is 0. The van der Waals surface area contributed by atoms with E-state index in [4.69, 9.17) is 11.1 Å². The van der Waals surface area contributed by atoms with Gasteiger partial charge in [0.1, 0.15) is 5.84 Å². The average Bonchev–Trinajstić information content (AvgIpc) is 2.95. The van der Waals surface area contributed by atoms with Gasteiger partial charge < -0.3 is 5.73 Å². The van der Waals surface area contributed by atoms with E-state index in [1.54, 1.807) is 0 Å². The number of aromatic nitrogens is 2. The number of hydrogen-bond acceptors (Lipinski definition) is 2. The molecule has 0 bridgehead atoms. The normalized spacial score (nSPS) is 11.2. The molecular weight excluding hydrogens is 260 g/mol. The highest BCUT2D eigenvalue weighted by atomic mass is 15.3. The molecule has 3 rings (SSSR count). The summed E-state index contributed by atoms with van der Waals surface area (Å²) < 4.78 is 1.89. The number of nitrogen functional groups attached to an aromatic ring is 1. The Hall–Kier alpha value is -2.62. The highest BCUT2D eigenvalue weighted by molar-refractivity contribution is 6.09. The van der Waals surface area contributed by atoms with Crippen molar-refractivity contribution in [3.8, 4) is 5.69 Å². The fourth-order valence-corrected chi connectivity index (χ4v) is 2.50. The van der Waals surface area contributed by atoms with Crippen LogP contribution in [0.25, 0.3) is 16.5 Å². The van der Waals surface area contributed by atoms with Gasteiger partial charge in [0, 0.05) is 17.1 Å². The van der Waals surface area contributed by atoms with Crippen molar-refractivity contribution in [2.75, 3.05) is 0 Å². The second-order valence-electron chi connectivity index (χ2n) is 5.43. The molecule has 3 N–H and O–H groups in total. The Morgan fingerprint density at radius 2 is 1.81 bits per heavy atom. The van der Waals surface area contributed by atoms with Gasteiger partial charge in [0.2, 0.25) is 0 Å². The van der Waals surface area contributed by atoms with E-state index in [2.05, 4.69) is 18.9 Å². The maximum atomic E-state index is 7.71. The number of rotatable bonds is 3. The molecule has 4 heteroatoms. The Bertz CT molecular complexity index is 815. The summed E-state index contributed by atoms with van der Waals surface area (Å²) in [6, 6.07) is 13.9. The summed E-state index contributed by atoms with van der Waals surface area (Å²) in [5, 5.41) is 14.4. The molecule has 0 aliphatic heterocycles. The van der Waals surface area contributed by atoms with E-state index >= 15 is 0 Å². The van der Waals surface area contributed by atoms with Crippen molar-refractivity contribution in [3.63, 3.8) is 0 Å². The van der Waals surface area contributed by atoms with Crippen LogP contribution in [0.4, 0.5) is 0 Å². The lowest BCUT2D eigenvalue weighted by Gasteiger charge is -2.10. The minimum Gasteiger partial charge on any atom is -0.384 e. The van der Waals surface area contributed by atoms with Crippen LogP contribution in [-0.4, -0.2) is 15.6 Å². The van der Waals surface area contributed by atoms with Crippen LogP contribution < -0.4 is 5.73 Å². The molecule has 0 aliphatic carbocycles. The molecule has 0 radical (unpaired) electrons. The van der Waals surface area contributed by atoms with Crippen LogP contribution in [0.3, 0.4) is 0 Å². The van der Waals surface area contributed by atoms with E-state index < -0.39 is 0 Å². The zero-order valence-corrected chi connectivity index (χ0v) is 12.2. The molecule has 0 saturated carbocycles. The molecule has 1 heterocycles. The minimum absolute atomic E-state index is 0.0843. The molecule has 0 spiro atoms. The van der Waals surface area contributed by atoms with Gasteiger partial charge in [-0.05, 0) is 29.5 Å². The van der Waals surface area contributed by atoms with Crippen LogP contribution in [0.2, 0.25) is 0 Å². The first-order chi connectivity index (χ1) is 10.1. The Morgan fingerprint density at radius 3 is 2.43 bits per heavy atom. The van der Waals surface area contributed by atoms with Gasteiger partial charge >= 0.3 is 0 Å². The molecule has 0 saturated heterocycles. The lowest BCUT2D eigenvalue weighted by Crippen LogP contribution is -2.12. The minimum atomic E-state index is 0.0843. The lowest BCUT2D eigenvalue weighted by atomic mass is 10.0. The largest absolute Gasteiger partial charge is 0.384 e. The molecule has 2 aromatic carbocycles. The van der Waals surface area contributed by atoms with Gasteiger partial charge in [-0.3, -0.25) is 5.41 Å². The van der Waals surface area contributed by atoms with Crippen molar-refractivity contribution >= 4 is 16.6 Å². The summed E-state index contributed by atoms with van der Waals surface area (Å²) >= 11 is 0. The monoisotopic (exact) mass is 278 g/mol. The quantitative estimate of drug-likeness (QED) is 0.569. The molecule has 3 aromatic rings. The van der Waals surface area contributed by atoms with Crippen LogP contribution >= 0.6 is 0 Å². The zero-order valence-electron chi connectivity index (χ0n) is 12.2. The molecule has 0 unspecified atom stereocenters. The van der Waals surface area contributed by atoms with E-state index in [0.29, 0.717) is 5.92 Å². The Morgan fingerprint density at radius 1 is 1.10 bits per heavy atom. The van der Waals surface area contributed by atoms with E-state index in [-0.39, 0.29) is 5.84 Å². The second-order valence-corrected chi connectivity index (χ2v) is 5.43. The number of nitrogens with zero attached hydrogens (tertiary/aromatic N) is 2. The van der Waals surface area contributed by atoms with Gasteiger partial charge in [0.05, 0.1) is 11.4 Å². The van der Waals surface area contributed by atoms with Gasteiger partial charge in [0.15, 0.2) is 0 Å². The number of fused-ring (bicyclic) bond motifs is 1. The van der Waals surface area contributed by atoms with E-state index in [9.17, 15) is 0 Å². The van der Waals surface area contributed by atoms with Gasteiger partial charge in [-0.2, -0.15) is 5.10 Å².